The number of hydrazine groups is 1. The molecule has 3 heteroatoms. The van der Waals surface area contributed by atoms with Gasteiger partial charge in [0.2, 0.25) is 0 Å². The first-order chi connectivity index (χ1) is 8.90. The Morgan fingerprint density at radius 2 is 2.11 bits per heavy atom. The minimum Gasteiger partial charge on any atom is -0.271 e. The third-order valence-corrected chi connectivity index (χ3v) is 5.22. The number of nitrogens with two attached hydrogens (primary N) is 1. The van der Waals surface area contributed by atoms with Gasteiger partial charge in [-0.3, -0.25) is 11.3 Å². The maximum Gasteiger partial charge on any atom is 0.0329 e. The zero-order valence-corrected chi connectivity index (χ0v) is 11.8. The molecule has 0 amide bonds. The molecular formula is C15H24N2S. The van der Waals surface area contributed by atoms with E-state index in [4.69, 9.17) is 5.84 Å². The molecule has 0 bridgehead atoms. The van der Waals surface area contributed by atoms with Gasteiger partial charge < -0.3 is 0 Å². The molecule has 1 aromatic rings. The molecule has 1 aliphatic rings. The van der Waals surface area contributed by atoms with Crippen molar-refractivity contribution in [2.24, 2.45) is 5.84 Å². The van der Waals surface area contributed by atoms with Crippen molar-refractivity contribution in [3.8, 4) is 0 Å². The van der Waals surface area contributed by atoms with Crippen LogP contribution in [0.25, 0.3) is 0 Å². The van der Waals surface area contributed by atoms with Crippen molar-refractivity contribution < 1.29 is 0 Å². The van der Waals surface area contributed by atoms with Gasteiger partial charge >= 0.3 is 0 Å². The average molecular weight is 264 g/mol. The Hall–Kier alpha value is -0.510. The van der Waals surface area contributed by atoms with E-state index in [1.807, 2.05) is 0 Å². The van der Waals surface area contributed by atoms with E-state index in [1.54, 1.807) is 0 Å². The Balaban J connectivity index is 1.73. The topological polar surface area (TPSA) is 38.0 Å². The molecule has 2 unspecified atom stereocenters. The lowest BCUT2D eigenvalue weighted by molar-refractivity contribution is 0.438. The molecule has 18 heavy (non-hydrogen) atoms. The van der Waals surface area contributed by atoms with Gasteiger partial charge in [-0.1, -0.05) is 36.8 Å². The predicted octanol–water partition coefficient (Wildman–Crippen LogP) is 3.13. The highest BCUT2D eigenvalue weighted by atomic mass is 32.2. The molecule has 1 aromatic carbocycles. The summed E-state index contributed by atoms with van der Waals surface area (Å²) < 4.78 is 0. The van der Waals surface area contributed by atoms with Crippen molar-refractivity contribution in [2.45, 2.75) is 49.8 Å². The Labute approximate surface area is 115 Å². The molecule has 2 atom stereocenters. The van der Waals surface area contributed by atoms with E-state index in [-0.39, 0.29) is 0 Å². The van der Waals surface area contributed by atoms with Crippen LogP contribution < -0.4 is 11.3 Å². The van der Waals surface area contributed by atoms with Crippen LogP contribution >= 0.6 is 11.8 Å². The number of hydrogen-bond acceptors (Lipinski definition) is 3. The summed E-state index contributed by atoms with van der Waals surface area (Å²) in [5.41, 5.74) is 4.47. The molecule has 3 N–H and O–H groups in total. The second-order valence-corrected chi connectivity index (χ2v) is 6.40. The van der Waals surface area contributed by atoms with Crippen molar-refractivity contribution >= 4 is 11.8 Å². The normalized spacial score (nSPS) is 21.7. The Kier molecular flexibility index (Phi) is 6.05. The Morgan fingerprint density at radius 3 is 2.78 bits per heavy atom. The summed E-state index contributed by atoms with van der Waals surface area (Å²) in [6, 6.07) is 11.2. The van der Waals surface area contributed by atoms with Gasteiger partial charge in [0.25, 0.3) is 0 Å². The minimum absolute atomic E-state index is 0.485. The number of aryl methyl sites for hydroxylation is 1. The molecule has 0 aliphatic carbocycles. The van der Waals surface area contributed by atoms with Crippen LogP contribution in [-0.4, -0.2) is 17.0 Å². The fraction of sp³-hybridized carbons (Fsp3) is 0.600. The Bertz CT molecular complexity index is 323. The molecule has 100 valence electrons. The first-order valence-corrected chi connectivity index (χ1v) is 8.06. The Morgan fingerprint density at radius 1 is 1.28 bits per heavy atom. The number of rotatable bonds is 6. The number of nitrogens with one attached hydrogen (secondary N) is 1. The molecule has 2 rings (SSSR count). The number of thioether (sulfide) groups is 1. The molecule has 1 fully saturated rings. The van der Waals surface area contributed by atoms with Gasteiger partial charge in [0.1, 0.15) is 0 Å². The summed E-state index contributed by atoms with van der Waals surface area (Å²) in [6.07, 6.45) is 7.64. The van der Waals surface area contributed by atoms with E-state index in [9.17, 15) is 0 Å². The van der Waals surface area contributed by atoms with Gasteiger partial charge in [-0.15, -0.1) is 0 Å². The number of benzene rings is 1. The lowest BCUT2D eigenvalue weighted by atomic mass is 10.00. The highest BCUT2D eigenvalue weighted by Crippen LogP contribution is 2.29. The lowest BCUT2D eigenvalue weighted by Crippen LogP contribution is -2.43. The maximum atomic E-state index is 5.72. The van der Waals surface area contributed by atoms with Crippen LogP contribution in [0.2, 0.25) is 0 Å². The van der Waals surface area contributed by atoms with Crippen LogP contribution in [0.4, 0.5) is 0 Å². The van der Waals surface area contributed by atoms with Crippen molar-refractivity contribution in [3.63, 3.8) is 0 Å². The van der Waals surface area contributed by atoms with E-state index >= 15 is 0 Å². The summed E-state index contributed by atoms with van der Waals surface area (Å²) in [6.45, 7) is 0. The fourth-order valence-corrected chi connectivity index (χ4v) is 4.08. The second kappa shape index (κ2) is 7.82. The summed E-state index contributed by atoms with van der Waals surface area (Å²) in [4.78, 5) is 0. The first kappa shape index (κ1) is 13.9. The molecule has 0 aromatic heterocycles. The molecular weight excluding hydrogens is 240 g/mol. The monoisotopic (exact) mass is 264 g/mol. The standard InChI is InChI=1S/C15H24N2S/c16-17-14(15-11-4-5-12-18-15)10-6-9-13-7-2-1-3-8-13/h1-3,7-8,14-15,17H,4-6,9-12,16H2. The maximum absolute atomic E-state index is 5.72. The molecule has 0 radical (unpaired) electrons. The lowest BCUT2D eigenvalue weighted by Gasteiger charge is -2.29. The quantitative estimate of drug-likeness (QED) is 0.612. The van der Waals surface area contributed by atoms with Crippen molar-refractivity contribution in [1.29, 1.82) is 0 Å². The van der Waals surface area contributed by atoms with Crippen LogP contribution in [0.1, 0.15) is 37.7 Å². The minimum atomic E-state index is 0.485. The summed E-state index contributed by atoms with van der Waals surface area (Å²) in [5, 5.41) is 0.722. The van der Waals surface area contributed by atoms with Gasteiger partial charge in [0.15, 0.2) is 0 Å². The zero-order chi connectivity index (χ0) is 12.6. The van der Waals surface area contributed by atoms with Gasteiger partial charge in [-0.25, -0.2) is 0 Å². The predicted molar refractivity (Wildman–Crippen MR) is 80.6 cm³/mol. The van der Waals surface area contributed by atoms with Crippen LogP contribution in [-0.2, 0) is 6.42 Å². The summed E-state index contributed by atoms with van der Waals surface area (Å²) in [7, 11) is 0. The van der Waals surface area contributed by atoms with E-state index in [2.05, 4.69) is 47.5 Å². The van der Waals surface area contributed by atoms with E-state index in [0.717, 1.165) is 11.7 Å². The van der Waals surface area contributed by atoms with E-state index in [1.165, 1.54) is 43.4 Å². The van der Waals surface area contributed by atoms with Gasteiger partial charge in [0, 0.05) is 11.3 Å². The molecule has 1 heterocycles. The fourth-order valence-electron chi connectivity index (χ4n) is 2.63. The molecule has 1 aliphatic heterocycles. The van der Waals surface area contributed by atoms with Crippen LogP contribution in [0.5, 0.6) is 0 Å². The molecule has 2 nitrogen and oxygen atoms in total. The van der Waals surface area contributed by atoms with Crippen molar-refractivity contribution in [3.05, 3.63) is 35.9 Å². The van der Waals surface area contributed by atoms with Gasteiger partial charge in [-0.05, 0) is 43.4 Å². The SMILES string of the molecule is NNC(CCCc1ccccc1)C1CCCCS1. The summed E-state index contributed by atoms with van der Waals surface area (Å²) >= 11 is 2.10. The smallest absolute Gasteiger partial charge is 0.0329 e. The highest BCUT2D eigenvalue weighted by Gasteiger charge is 2.22. The van der Waals surface area contributed by atoms with Gasteiger partial charge in [0.05, 0.1) is 0 Å². The molecule has 0 saturated carbocycles. The van der Waals surface area contributed by atoms with E-state index in [0.29, 0.717) is 6.04 Å². The number of hydrogen-bond donors (Lipinski definition) is 2. The average Bonchev–Trinajstić information content (AvgIpc) is 2.46. The largest absolute Gasteiger partial charge is 0.271 e. The zero-order valence-electron chi connectivity index (χ0n) is 11.0. The molecule has 1 saturated heterocycles. The van der Waals surface area contributed by atoms with Crippen LogP contribution in [0.3, 0.4) is 0 Å². The highest BCUT2D eigenvalue weighted by molar-refractivity contribution is 8.00. The molecule has 0 spiro atoms. The first-order valence-electron chi connectivity index (χ1n) is 7.02. The van der Waals surface area contributed by atoms with E-state index < -0.39 is 0 Å². The van der Waals surface area contributed by atoms with Gasteiger partial charge in [-0.2, -0.15) is 11.8 Å². The summed E-state index contributed by atoms with van der Waals surface area (Å²) in [5.74, 6) is 7.03. The second-order valence-electron chi connectivity index (χ2n) is 5.06. The van der Waals surface area contributed by atoms with Crippen LogP contribution in [0.15, 0.2) is 30.3 Å². The third kappa shape index (κ3) is 4.30. The van der Waals surface area contributed by atoms with Crippen molar-refractivity contribution in [2.75, 3.05) is 5.75 Å². The van der Waals surface area contributed by atoms with Crippen LogP contribution in [0, 0.1) is 0 Å². The van der Waals surface area contributed by atoms with Crippen molar-refractivity contribution in [1.82, 2.24) is 5.43 Å². The third-order valence-electron chi connectivity index (χ3n) is 3.70.